The molecule has 16 heavy (non-hydrogen) atoms. The molecule has 1 atom stereocenters. The van der Waals surface area contributed by atoms with E-state index < -0.39 is 6.10 Å². The molecule has 1 aromatic carbocycles. The van der Waals surface area contributed by atoms with Crippen molar-refractivity contribution in [2.24, 2.45) is 5.92 Å². The Morgan fingerprint density at radius 3 is 2.50 bits per heavy atom. The van der Waals surface area contributed by atoms with Crippen LogP contribution in [0, 0.1) is 5.92 Å². The Morgan fingerprint density at radius 1 is 1.19 bits per heavy atom. The van der Waals surface area contributed by atoms with Crippen LogP contribution in [-0.2, 0) is 0 Å². The normalized spacial score (nSPS) is 12.8. The van der Waals surface area contributed by atoms with E-state index in [0.29, 0.717) is 12.5 Å². The van der Waals surface area contributed by atoms with Gasteiger partial charge < -0.3 is 9.84 Å². The van der Waals surface area contributed by atoms with Gasteiger partial charge in [0.1, 0.15) is 5.75 Å². The molecule has 1 unspecified atom stereocenters. The topological polar surface area (TPSA) is 29.5 Å². The van der Waals surface area contributed by atoms with Gasteiger partial charge in [0, 0.05) is 5.56 Å². The van der Waals surface area contributed by atoms with Gasteiger partial charge in [0.15, 0.2) is 0 Å². The van der Waals surface area contributed by atoms with Crippen molar-refractivity contribution in [1.29, 1.82) is 0 Å². The third-order valence-corrected chi connectivity index (χ3v) is 2.60. The average Bonchev–Trinajstić information content (AvgIpc) is 2.27. The van der Waals surface area contributed by atoms with Crippen molar-refractivity contribution in [3.05, 3.63) is 29.8 Å². The summed E-state index contributed by atoms with van der Waals surface area (Å²) < 4.78 is 5.50. The van der Waals surface area contributed by atoms with Crippen molar-refractivity contribution in [3.8, 4) is 5.75 Å². The maximum absolute atomic E-state index is 10.1. The Hall–Kier alpha value is -1.02. The number of ether oxygens (including phenoxy) is 1. The van der Waals surface area contributed by atoms with Crippen molar-refractivity contribution in [2.45, 2.75) is 39.7 Å². The molecule has 0 aromatic heterocycles. The number of benzene rings is 1. The molecule has 0 radical (unpaired) electrons. The van der Waals surface area contributed by atoms with Gasteiger partial charge >= 0.3 is 0 Å². The van der Waals surface area contributed by atoms with Crippen LogP contribution in [0.4, 0.5) is 0 Å². The van der Waals surface area contributed by atoms with Gasteiger partial charge in [0.25, 0.3) is 0 Å². The number of hydrogen-bond donors (Lipinski definition) is 1. The van der Waals surface area contributed by atoms with E-state index in [9.17, 15) is 5.11 Å². The molecule has 0 saturated carbocycles. The number of rotatable bonds is 6. The van der Waals surface area contributed by atoms with E-state index in [1.165, 1.54) is 0 Å². The fraction of sp³-hybridized carbons (Fsp3) is 0.571. The first kappa shape index (κ1) is 13.0. The van der Waals surface area contributed by atoms with E-state index in [0.717, 1.165) is 24.2 Å². The van der Waals surface area contributed by atoms with Crippen molar-refractivity contribution in [1.82, 2.24) is 0 Å². The molecular weight excluding hydrogens is 200 g/mol. The number of para-hydroxylation sites is 1. The molecule has 2 nitrogen and oxygen atoms in total. The van der Waals surface area contributed by atoms with Crippen LogP contribution in [0.25, 0.3) is 0 Å². The third kappa shape index (κ3) is 3.86. The smallest absolute Gasteiger partial charge is 0.125 e. The first-order chi connectivity index (χ1) is 7.65. The Labute approximate surface area is 98.3 Å². The maximum Gasteiger partial charge on any atom is 0.125 e. The Balaban J connectivity index is 2.69. The summed E-state index contributed by atoms with van der Waals surface area (Å²) >= 11 is 0. The molecule has 90 valence electrons. The van der Waals surface area contributed by atoms with Crippen LogP contribution in [0.5, 0.6) is 5.75 Å². The number of aliphatic hydroxyl groups is 1. The van der Waals surface area contributed by atoms with Crippen LogP contribution in [-0.4, -0.2) is 11.7 Å². The van der Waals surface area contributed by atoms with Crippen LogP contribution in [0.15, 0.2) is 24.3 Å². The molecule has 1 rings (SSSR count). The van der Waals surface area contributed by atoms with Crippen molar-refractivity contribution in [3.63, 3.8) is 0 Å². The summed E-state index contributed by atoms with van der Waals surface area (Å²) in [4.78, 5) is 0. The summed E-state index contributed by atoms with van der Waals surface area (Å²) in [7, 11) is 0. The van der Waals surface area contributed by atoms with Crippen LogP contribution < -0.4 is 4.74 Å². The summed E-state index contributed by atoms with van der Waals surface area (Å²) in [5, 5.41) is 10.1. The second-order valence-corrected chi connectivity index (χ2v) is 4.46. The lowest BCUT2D eigenvalue weighted by molar-refractivity contribution is 0.154. The quantitative estimate of drug-likeness (QED) is 0.797. The fourth-order valence-corrected chi connectivity index (χ4v) is 1.69. The van der Waals surface area contributed by atoms with Crippen LogP contribution >= 0.6 is 0 Å². The zero-order chi connectivity index (χ0) is 12.0. The highest BCUT2D eigenvalue weighted by atomic mass is 16.5. The fourth-order valence-electron chi connectivity index (χ4n) is 1.69. The first-order valence-corrected chi connectivity index (χ1v) is 6.05. The lowest BCUT2D eigenvalue weighted by atomic mass is 9.99. The van der Waals surface area contributed by atoms with Gasteiger partial charge in [-0.3, -0.25) is 0 Å². The monoisotopic (exact) mass is 222 g/mol. The number of hydrogen-bond acceptors (Lipinski definition) is 2. The predicted molar refractivity (Wildman–Crippen MR) is 66.6 cm³/mol. The van der Waals surface area contributed by atoms with E-state index in [-0.39, 0.29) is 0 Å². The van der Waals surface area contributed by atoms with E-state index in [1.54, 1.807) is 0 Å². The minimum Gasteiger partial charge on any atom is -0.493 e. The molecule has 0 aliphatic rings. The van der Waals surface area contributed by atoms with Crippen molar-refractivity contribution < 1.29 is 9.84 Å². The van der Waals surface area contributed by atoms with E-state index >= 15 is 0 Å². The molecule has 0 fully saturated rings. The second-order valence-electron chi connectivity index (χ2n) is 4.46. The summed E-state index contributed by atoms with van der Waals surface area (Å²) in [6, 6.07) is 7.73. The summed E-state index contributed by atoms with van der Waals surface area (Å²) in [6.45, 7) is 6.92. The summed E-state index contributed by atoms with van der Waals surface area (Å²) in [5.74, 6) is 1.43. The maximum atomic E-state index is 10.1. The molecule has 2 heteroatoms. The van der Waals surface area contributed by atoms with Gasteiger partial charge in [-0.25, -0.2) is 0 Å². The second kappa shape index (κ2) is 6.54. The summed E-state index contributed by atoms with van der Waals surface area (Å²) in [6.07, 6.45) is 1.41. The van der Waals surface area contributed by atoms with Gasteiger partial charge in [0.2, 0.25) is 0 Å². The molecule has 0 aliphatic carbocycles. The molecule has 0 heterocycles. The first-order valence-electron chi connectivity index (χ1n) is 6.05. The average molecular weight is 222 g/mol. The lowest BCUT2D eigenvalue weighted by Gasteiger charge is -2.16. The van der Waals surface area contributed by atoms with E-state index in [1.807, 2.05) is 31.2 Å². The Kier molecular flexibility index (Phi) is 5.33. The van der Waals surface area contributed by atoms with Crippen LogP contribution in [0.1, 0.15) is 45.3 Å². The molecule has 0 spiro atoms. The van der Waals surface area contributed by atoms with Gasteiger partial charge in [-0.05, 0) is 31.7 Å². The van der Waals surface area contributed by atoms with Crippen LogP contribution in [0.3, 0.4) is 0 Å². The zero-order valence-electron chi connectivity index (χ0n) is 10.4. The van der Waals surface area contributed by atoms with Crippen molar-refractivity contribution >= 4 is 0 Å². The van der Waals surface area contributed by atoms with Gasteiger partial charge in [0.05, 0.1) is 12.7 Å². The molecular formula is C14H22O2. The van der Waals surface area contributed by atoms with Gasteiger partial charge in [-0.1, -0.05) is 32.0 Å². The SMILES string of the molecule is CCOc1ccccc1C(O)CCC(C)C. The molecule has 1 N–H and O–H groups in total. The molecule has 0 aliphatic heterocycles. The zero-order valence-corrected chi connectivity index (χ0v) is 10.4. The highest BCUT2D eigenvalue weighted by Gasteiger charge is 2.13. The molecule has 1 aromatic rings. The summed E-state index contributed by atoms with van der Waals surface area (Å²) in [5.41, 5.74) is 0.907. The molecule has 0 saturated heterocycles. The van der Waals surface area contributed by atoms with E-state index in [2.05, 4.69) is 13.8 Å². The minimum absolute atomic E-state index is 0.412. The molecule has 0 amide bonds. The third-order valence-electron chi connectivity index (χ3n) is 2.60. The van der Waals surface area contributed by atoms with Crippen molar-refractivity contribution in [2.75, 3.05) is 6.61 Å². The number of aliphatic hydroxyl groups excluding tert-OH is 1. The van der Waals surface area contributed by atoms with Gasteiger partial charge in [-0.15, -0.1) is 0 Å². The minimum atomic E-state index is -0.412. The predicted octanol–water partition coefficient (Wildman–Crippen LogP) is 3.55. The lowest BCUT2D eigenvalue weighted by Crippen LogP contribution is -2.03. The van der Waals surface area contributed by atoms with Crippen LogP contribution in [0.2, 0.25) is 0 Å². The highest BCUT2D eigenvalue weighted by molar-refractivity contribution is 5.34. The standard InChI is InChI=1S/C14H22O2/c1-4-16-14-8-6-5-7-12(14)13(15)10-9-11(2)3/h5-8,11,13,15H,4,9-10H2,1-3H3. The molecule has 0 bridgehead atoms. The van der Waals surface area contributed by atoms with E-state index in [4.69, 9.17) is 4.74 Å². The Bertz CT molecular complexity index is 307. The largest absolute Gasteiger partial charge is 0.493 e. The highest BCUT2D eigenvalue weighted by Crippen LogP contribution is 2.28. The Morgan fingerprint density at radius 2 is 1.88 bits per heavy atom. The van der Waals surface area contributed by atoms with Gasteiger partial charge in [-0.2, -0.15) is 0 Å².